The van der Waals surface area contributed by atoms with Crippen molar-refractivity contribution in [1.82, 2.24) is 4.90 Å². The molecule has 0 heterocycles. The number of nitrogens with zero attached hydrogens (tertiary/aromatic N) is 1. The number of carbonyl (C=O) groups is 1. The number of carbonyl (C=O) groups excluding carboxylic acids is 1. The number of fused-ring (bicyclic) bond motifs is 2. The van der Waals surface area contributed by atoms with Crippen molar-refractivity contribution >= 4 is 29.0 Å². The van der Waals surface area contributed by atoms with Crippen molar-refractivity contribution in [3.05, 3.63) is 11.8 Å². The van der Waals surface area contributed by atoms with Crippen molar-refractivity contribution in [2.24, 2.45) is 11.8 Å². The van der Waals surface area contributed by atoms with Gasteiger partial charge in [0.25, 0.3) is 0 Å². The third kappa shape index (κ3) is 2.38. The maximum Gasteiger partial charge on any atom is 0.163 e. The molecule has 0 saturated heterocycles. The van der Waals surface area contributed by atoms with E-state index >= 15 is 0 Å². The van der Waals surface area contributed by atoms with Crippen molar-refractivity contribution in [3.63, 3.8) is 0 Å². The van der Waals surface area contributed by atoms with Gasteiger partial charge in [0.05, 0.1) is 0 Å². The van der Waals surface area contributed by atoms with Gasteiger partial charge in [-0.1, -0.05) is 0 Å². The fourth-order valence-electron chi connectivity index (χ4n) is 2.76. The maximum atomic E-state index is 12.0. The average molecular weight is 262 g/mol. The zero-order chi connectivity index (χ0) is 11.5. The second kappa shape index (κ2) is 5.42. The Morgan fingerprint density at radius 3 is 2.31 bits per heavy atom. The van der Waals surface area contributed by atoms with E-state index in [9.17, 15) is 4.79 Å². The third-order valence-corrected chi connectivity index (χ3v) is 3.93. The second-order valence-corrected chi connectivity index (χ2v) is 5.33. The molecule has 0 N–H and O–H groups in total. The number of alkyl halides is 2. The molecule has 90 valence electrons. The normalized spacial score (nSPS) is 30.4. The molecule has 2 nitrogen and oxygen atoms in total. The van der Waals surface area contributed by atoms with E-state index in [0.29, 0.717) is 29.4 Å². The van der Waals surface area contributed by atoms with Gasteiger partial charge in [-0.05, 0) is 25.2 Å². The summed E-state index contributed by atoms with van der Waals surface area (Å²) in [6, 6.07) is 0. The third-order valence-electron chi connectivity index (χ3n) is 3.59. The van der Waals surface area contributed by atoms with E-state index in [0.717, 1.165) is 31.5 Å². The second-order valence-electron chi connectivity index (χ2n) is 4.57. The molecule has 2 bridgehead atoms. The van der Waals surface area contributed by atoms with E-state index in [2.05, 4.69) is 4.90 Å². The van der Waals surface area contributed by atoms with Crippen molar-refractivity contribution in [1.29, 1.82) is 0 Å². The van der Waals surface area contributed by atoms with Crippen LogP contribution in [0.5, 0.6) is 0 Å². The summed E-state index contributed by atoms with van der Waals surface area (Å²) in [4.78, 5) is 14.0. The van der Waals surface area contributed by atoms with Gasteiger partial charge in [0.1, 0.15) is 0 Å². The van der Waals surface area contributed by atoms with Gasteiger partial charge in [-0.15, -0.1) is 23.2 Å². The van der Waals surface area contributed by atoms with E-state index in [-0.39, 0.29) is 0 Å². The highest BCUT2D eigenvalue weighted by Crippen LogP contribution is 2.45. The number of allylic oxidation sites excluding steroid dienone is 1. The van der Waals surface area contributed by atoms with Gasteiger partial charge in [-0.25, -0.2) is 0 Å². The summed E-state index contributed by atoms with van der Waals surface area (Å²) >= 11 is 11.5. The first-order valence-electron chi connectivity index (χ1n) is 5.88. The first-order chi connectivity index (χ1) is 7.76. The average Bonchev–Trinajstić information content (AvgIpc) is 2.83. The van der Waals surface area contributed by atoms with Crippen LogP contribution in [-0.2, 0) is 4.79 Å². The lowest BCUT2D eigenvalue weighted by Gasteiger charge is -2.21. The molecule has 0 aromatic heterocycles. The number of rotatable bonds is 5. The quantitative estimate of drug-likeness (QED) is 0.560. The van der Waals surface area contributed by atoms with Crippen molar-refractivity contribution in [3.8, 4) is 0 Å². The Balaban J connectivity index is 2.06. The van der Waals surface area contributed by atoms with E-state index in [1.165, 1.54) is 6.42 Å². The molecule has 16 heavy (non-hydrogen) atoms. The zero-order valence-corrected chi connectivity index (χ0v) is 10.8. The largest absolute Gasteiger partial charge is 0.375 e. The van der Waals surface area contributed by atoms with Gasteiger partial charge in [0.2, 0.25) is 0 Å². The van der Waals surface area contributed by atoms with Crippen LogP contribution >= 0.6 is 23.2 Å². The molecule has 2 saturated carbocycles. The van der Waals surface area contributed by atoms with Crippen LogP contribution in [0.1, 0.15) is 19.3 Å². The Morgan fingerprint density at radius 2 is 1.81 bits per heavy atom. The van der Waals surface area contributed by atoms with E-state index in [4.69, 9.17) is 23.2 Å². The molecule has 0 amide bonds. The van der Waals surface area contributed by atoms with Crippen LogP contribution in [0.3, 0.4) is 0 Å². The summed E-state index contributed by atoms with van der Waals surface area (Å²) in [6.45, 7) is 1.53. The van der Waals surface area contributed by atoms with Gasteiger partial charge in [0, 0.05) is 42.5 Å². The first-order valence-corrected chi connectivity index (χ1v) is 6.95. The molecule has 2 atom stereocenters. The van der Waals surface area contributed by atoms with Crippen molar-refractivity contribution < 1.29 is 4.79 Å². The zero-order valence-electron chi connectivity index (χ0n) is 9.29. The highest BCUT2D eigenvalue weighted by atomic mass is 35.5. The van der Waals surface area contributed by atoms with E-state index in [1.54, 1.807) is 0 Å². The van der Waals surface area contributed by atoms with Gasteiger partial charge in [-0.2, -0.15) is 0 Å². The Bertz CT molecular complexity index is 297. The molecule has 2 fully saturated rings. The number of ketones is 1. The summed E-state index contributed by atoms with van der Waals surface area (Å²) in [5.74, 6) is 2.33. The van der Waals surface area contributed by atoms with E-state index in [1.807, 2.05) is 6.20 Å². The number of halogens is 2. The predicted octanol–water partition coefficient (Wildman–Crippen LogP) is 2.65. The lowest BCUT2D eigenvalue weighted by atomic mass is 9.94. The molecule has 0 spiro atoms. The number of Topliss-reactive ketones (excluding diaryl/α,β-unsaturated/α-hetero) is 1. The highest BCUT2D eigenvalue weighted by Gasteiger charge is 2.42. The Kier molecular flexibility index (Phi) is 4.15. The molecule has 0 radical (unpaired) electrons. The summed E-state index contributed by atoms with van der Waals surface area (Å²) in [5, 5.41) is 0. The van der Waals surface area contributed by atoms with Crippen molar-refractivity contribution in [2.45, 2.75) is 19.3 Å². The number of hydrogen-bond donors (Lipinski definition) is 0. The van der Waals surface area contributed by atoms with Crippen LogP contribution in [0.4, 0.5) is 0 Å². The first kappa shape index (κ1) is 12.3. The SMILES string of the molecule is O=C1C(=CN(CCCl)CCCl)C2CCC1C2. The monoisotopic (exact) mass is 261 g/mol. The molecule has 0 aromatic carbocycles. The van der Waals surface area contributed by atoms with Crippen molar-refractivity contribution in [2.75, 3.05) is 24.8 Å². The van der Waals surface area contributed by atoms with Gasteiger partial charge >= 0.3 is 0 Å². The molecule has 4 heteroatoms. The molecule has 0 aromatic rings. The Hall–Kier alpha value is -0.210. The van der Waals surface area contributed by atoms with Crippen LogP contribution in [0.15, 0.2) is 11.8 Å². The minimum atomic E-state index is 0.310. The molecular formula is C12H17Cl2NO. The Morgan fingerprint density at radius 1 is 1.19 bits per heavy atom. The van der Waals surface area contributed by atoms with Gasteiger partial charge in [-0.3, -0.25) is 4.79 Å². The molecular weight excluding hydrogens is 245 g/mol. The topological polar surface area (TPSA) is 20.3 Å². The smallest absolute Gasteiger partial charge is 0.163 e. The number of hydrogen-bond acceptors (Lipinski definition) is 2. The predicted molar refractivity (Wildman–Crippen MR) is 66.9 cm³/mol. The van der Waals surface area contributed by atoms with Crippen LogP contribution < -0.4 is 0 Å². The lowest BCUT2D eigenvalue weighted by Crippen LogP contribution is -2.25. The molecule has 2 aliphatic rings. The minimum Gasteiger partial charge on any atom is -0.375 e. The molecule has 2 rings (SSSR count). The fourth-order valence-corrected chi connectivity index (χ4v) is 3.20. The summed E-state index contributed by atoms with van der Waals surface area (Å²) < 4.78 is 0. The van der Waals surface area contributed by atoms with Crippen LogP contribution in [0, 0.1) is 11.8 Å². The van der Waals surface area contributed by atoms with Gasteiger partial charge < -0.3 is 4.90 Å². The van der Waals surface area contributed by atoms with Crippen LogP contribution in [-0.4, -0.2) is 35.5 Å². The van der Waals surface area contributed by atoms with E-state index < -0.39 is 0 Å². The Labute approximate surface area is 107 Å². The summed E-state index contributed by atoms with van der Waals surface area (Å²) in [5.41, 5.74) is 1.02. The minimum absolute atomic E-state index is 0.310. The summed E-state index contributed by atoms with van der Waals surface area (Å²) in [7, 11) is 0. The molecule has 2 unspecified atom stereocenters. The fraction of sp³-hybridized carbons (Fsp3) is 0.750. The lowest BCUT2D eigenvalue weighted by molar-refractivity contribution is -0.118. The van der Waals surface area contributed by atoms with Crippen LogP contribution in [0.2, 0.25) is 0 Å². The summed E-state index contributed by atoms with van der Waals surface area (Å²) in [6.07, 6.45) is 5.35. The standard InChI is InChI=1S/C12H17Cl2NO/c13-3-5-15(6-4-14)8-11-9-1-2-10(7-9)12(11)16/h8-10H,1-7H2. The van der Waals surface area contributed by atoms with Gasteiger partial charge in [0.15, 0.2) is 5.78 Å². The van der Waals surface area contributed by atoms with Crippen LogP contribution in [0.25, 0.3) is 0 Å². The molecule has 2 aliphatic carbocycles. The molecule has 0 aliphatic heterocycles. The highest BCUT2D eigenvalue weighted by molar-refractivity contribution is 6.18. The maximum absolute atomic E-state index is 12.0.